The van der Waals surface area contributed by atoms with Crippen molar-refractivity contribution in [1.29, 1.82) is 0 Å². The number of alkyl carbamates (subject to hydrolysis) is 1. The second-order valence-electron chi connectivity index (χ2n) is 10.3. The number of rotatable bonds is 7. The largest absolute Gasteiger partial charge is 0.444 e. The fourth-order valence-corrected chi connectivity index (χ4v) is 4.64. The molecule has 184 valence electrons. The third-order valence-corrected chi connectivity index (χ3v) is 6.45. The number of piperidine rings is 1. The van der Waals surface area contributed by atoms with Crippen LogP contribution >= 0.6 is 11.6 Å². The molecular weight excluding hydrogens is 440 g/mol. The molecule has 33 heavy (non-hydrogen) atoms. The van der Waals surface area contributed by atoms with Crippen molar-refractivity contribution in [3.8, 4) is 0 Å². The topological polar surface area (TPSA) is 82.7 Å². The Hall–Kier alpha value is -1.83. The summed E-state index contributed by atoms with van der Waals surface area (Å²) in [4.78, 5) is 25.5. The van der Waals surface area contributed by atoms with Crippen molar-refractivity contribution < 1.29 is 14.3 Å². The van der Waals surface area contributed by atoms with Gasteiger partial charge in [-0.2, -0.15) is 0 Å². The van der Waals surface area contributed by atoms with Crippen LogP contribution in [0.2, 0.25) is 5.02 Å². The molecule has 0 radical (unpaired) electrons. The second-order valence-corrected chi connectivity index (χ2v) is 10.7. The number of amides is 2. The average molecular weight is 479 g/mol. The fraction of sp³-hybridized carbons (Fsp3) is 0.680. The highest BCUT2D eigenvalue weighted by Gasteiger charge is 2.28. The zero-order valence-corrected chi connectivity index (χ0v) is 20.9. The molecule has 1 aromatic rings. The van der Waals surface area contributed by atoms with Crippen molar-refractivity contribution in [3.63, 3.8) is 0 Å². The van der Waals surface area contributed by atoms with Crippen LogP contribution in [-0.2, 0) is 16.0 Å². The van der Waals surface area contributed by atoms with E-state index >= 15 is 0 Å². The minimum atomic E-state index is -0.751. The van der Waals surface area contributed by atoms with Crippen molar-refractivity contribution in [1.82, 2.24) is 21.1 Å². The van der Waals surface area contributed by atoms with Crippen LogP contribution in [0, 0.1) is 0 Å². The standard InChI is InChI=1S/C25H39ClN4O3/c1-25(2,3)33-24(32)28-22(17-18-9-11-19(26)12-10-18)23(31)29-30-15-13-21(14-16-30)27-20-7-5-4-6-8-20/h9-12,20-22,27H,4-8,13-17H2,1-3H3,(H,28,32)(H,29,31)/t22-/m1/s1. The van der Waals surface area contributed by atoms with Crippen molar-refractivity contribution in [2.45, 2.75) is 95.9 Å². The van der Waals surface area contributed by atoms with Crippen LogP contribution in [-0.4, -0.2) is 53.8 Å². The Labute approximate surface area is 202 Å². The lowest BCUT2D eigenvalue weighted by molar-refractivity contribution is -0.128. The van der Waals surface area contributed by atoms with E-state index in [9.17, 15) is 9.59 Å². The molecule has 0 spiro atoms. The van der Waals surface area contributed by atoms with Gasteiger partial charge < -0.3 is 15.4 Å². The maximum absolute atomic E-state index is 13.1. The zero-order chi connectivity index (χ0) is 23.8. The number of nitrogens with zero attached hydrogens (tertiary/aromatic N) is 1. The van der Waals surface area contributed by atoms with E-state index in [1.807, 2.05) is 17.1 Å². The molecule has 2 aliphatic rings. The van der Waals surface area contributed by atoms with Gasteiger partial charge in [0.1, 0.15) is 11.6 Å². The monoisotopic (exact) mass is 478 g/mol. The molecule has 3 N–H and O–H groups in total. The van der Waals surface area contributed by atoms with E-state index in [0.717, 1.165) is 31.5 Å². The Morgan fingerprint density at radius 1 is 1.03 bits per heavy atom. The number of ether oxygens (including phenoxy) is 1. The molecule has 2 fully saturated rings. The van der Waals surface area contributed by atoms with Crippen LogP contribution in [0.15, 0.2) is 24.3 Å². The van der Waals surface area contributed by atoms with Crippen LogP contribution in [0.3, 0.4) is 0 Å². The predicted molar refractivity (Wildman–Crippen MR) is 131 cm³/mol. The molecule has 1 aliphatic carbocycles. The number of hydrogen-bond donors (Lipinski definition) is 3. The summed E-state index contributed by atoms with van der Waals surface area (Å²) in [6.45, 7) is 6.97. The van der Waals surface area contributed by atoms with Gasteiger partial charge in [-0.1, -0.05) is 43.0 Å². The molecule has 1 aromatic carbocycles. The van der Waals surface area contributed by atoms with E-state index in [1.54, 1.807) is 32.9 Å². The smallest absolute Gasteiger partial charge is 0.408 e. The number of nitrogens with one attached hydrogen (secondary N) is 3. The molecule has 0 bridgehead atoms. The van der Waals surface area contributed by atoms with Gasteiger partial charge in [0.15, 0.2) is 0 Å². The Balaban J connectivity index is 1.53. The van der Waals surface area contributed by atoms with Crippen molar-refractivity contribution in [3.05, 3.63) is 34.9 Å². The van der Waals surface area contributed by atoms with Gasteiger partial charge in [0.05, 0.1) is 0 Å². The van der Waals surface area contributed by atoms with Crippen LogP contribution in [0.1, 0.15) is 71.3 Å². The molecule has 3 rings (SSSR count). The fourth-order valence-electron chi connectivity index (χ4n) is 4.51. The normalized spacial score (nSPS) is 19.6. The van der Waals surface area contributed by atoms with E-state index in [4.69, 9.17) is 16.3 Å². The minimum Gasteiger partial charge on any atom is -0.444 e. The van der Waals surface area contributed by atoms with Gasteiger partial charge in [-0.05, 0) is 64.2 Å². The number of carbonyl (C=O) groups excluding carboxylic acids is 2. The van der Waals surface area contributed by atoms with Gasteiger partial charge in [0, 0.05) is 36.6 Å². The summed E-state index contributed by atoms with van der Waals surface area (Å²) in [5.74, 6) is -0.241. The van der Waals surface area contributed by atoms with Crippen LogP contribution in [0.25, 0.3) is 0 Å². The summed E-state index contributed by atoms with van der Waals surface area (Å²) in [5, 5.41) is 9.15. The van der Waals surface area contributed by atoms with E-state index in [1.165, 1.54) is 32.1 Å². The van der Waals surface area contributed by atoms with Crippen molar-refractivity contribution in [2.24, 2.45) is 0 Å². The van der Waals surface area contributed by atoms with Crippen molar-refractivity contribution >= 4 is 23.6 Å². The number of halogens is 1. The van der Waals surface area contributed by atoms with E-state index < -0.39 is 17.7 Å². The third kappa shape index (κ3) is 9.14. The average Bonchev–Trinajstić information content (AvgIpc) is 2.75. The molecule has 1 atom stereocenters. The molecule has 8 heteroatoms. The van der Waals surface area contributed by atoms with Gasteiger partial charge in [0.2, 0.25) is 0 Å². The zero-order valence-electron chi connectivity index (χ0n) is 20.2. The lowest BCUT2D eigenvalue weighted by atomic mass is 9.93. The molecule has 7 nitrogen and oxygen atoms in total. The number of benzene rings is 1. The summed E-state index contributed by atoms with van der Waals surface area (Å²) in [6, 6.07) is 7.69. The Morgan fingerprint density at radius 2 is 1.64 bits per heavy atom. The van der Waals surface area contributed by atoms with Gasteiger partial charge in [0.25, 0.3) is 5.91 Å². The molecule has 1 heterocycles. The van der Waals surface area contributed by atoms with Crippen LogP contribution < -0.4 is 16.1 Å². The summed E-state index contributed by atoms with van der Waals surface area (Å²) in [5.41, 5.74) is 3.28. The van der Waals surface area contributed by atoms with E-state index in [2.05, 4.69) is 16.1 Å². The van der Waals surface area contributed by atoms with Gasteiger partial charge in [-0.15, -0.1) is 0 Å². The molecule has 2 amide bonds. The van der Waals surface area contributed by atoms with Gasteiger partial charge in [-0.25, -0.2) is 9.80 Å². The van der Waals surface area contributed by atoms with Gasteiger partial charge >= 0.3 is 6.09 Å². The lowest BCUT2D eigenvalue weighted by Crippen LogP contribution is -2.57. The quantitative estimate of drug-likeness (QED) is 0.547. The summed E-state index contributed by atoms with van der Waals surface area (Å²) in [7, 11) is 0. The Kier molecular flexibility index (Phi) is 9.41. The summed E-state index contributed by atoms with van der Waals surface area (Å²) in [6.07, 6.45) is 8.31. The van der Waals surface area contributed by atoms with Crippen LogP contribution in [0.4, 0.5) is 4.79 Å². The third-order valence-electron chi connectivity index (χ3n) is 6.20. The first-order valence-electron chi connectivity index (χ1n) is 12.2. The number of hydrogen-bond acceptors (Lipinski definition) is 5. The van der Waals surface area contributed by atoms with Gasteiger partial charge in [-0.3, -0.25) is 10.2 Å². The molecular formula is C25H39ClN4O3. The minimum absolute atomic E-state index is 0.241. The van der Waals surface area contributed by atoms with E-state index in [-0.39, 0.29) is 5.91 Å². The number of carbonyl (C=O) groups is 2. The lowest BCUT2D eigenvalue weighted by Gasteiger charge is -2.36. The highest BCUT2D eigenvalue weighted by molar-refractivity contribution is 6.30. The number of hydrazine groups is 1. The highest BCUT2D eigenvalue weighted by atomic mass is 35.5. The van der Waals surface area contributed by atoms with E-state index in [0.29, 0.717) is 23.5 Å². The maximum atomic E-state index is 13.1. The summed E-state index contributed by atoms with van der Waals surface area (Å²) < 4.78 is 5.38. The summed E-state index contributed by atoms with van der Waals surface area (Å²) >= 11 is 5.99. The molecule has 1 aliphatic heterocycles. The molecule has 0 aromatic heterocycles. The highest BCUT2D eigenvalue weighted by Crippen LogP contribution is 2.20. The molecule has 0 unspecified atom stereocenters. The predicted octanol–water partition coefficient (Wildman–Crippen LogP) is 4.19. The first-order valence-corrected chi connectivity index (χ1v) is 12.6. The van der Waals surface area contributed by atoms with Crippen LogP contribution in [0.5, 0.6) is 0 Å². The first kappa shape index (κ1) is 25.8. The molecule has 1 saturated heterocycles. The SMILES string of the molecule is CC(C)(C)OC(=O)N[C@H](Cc1ccc(Cl)cc1)C(=O)NN1CCC(NC2CCCCC2)CC1. The molecule has 1 saturated carbocycles. The maximum Gasteiger partial charge on any atom is 0.408 e. The van der Waals surface area contributed by atoms with Crippen molar-refractivity contribution in [2.75, 3.05) is 13.1 Å². The Bertz CT molecular complexity index is 767. The Morgan fingerprint density at radius 3 is 2.24 bits per heavy atom. The second kappa shape index (κ2) is 12.0. The first-order chi connectivity index (χ1) is 15.7.